The molecule has 0 aromatic rings. The van der Waals surface area contributed by atoms with Gasteiger partial charge in [-0.25, -0.2) is 0 Å². The van der Waals surface area contributed by atoms with E-state index in [0.717, 1.165) is 24.6 Å². The van der Waals surface area contributed by atoms with Crippen molar-refractivity contribution in [1.82, 2.24) is 10.2 Å². The van der Waals surface area contributed by atoms with E-state index in [2.05, 4.69) is 5.32 Å². The number of nitrogens with one attached hydrogen (secondary N) is 1. The molecular formula is C10H17N3O2S. The first kappa shape index (κ1) is 11.7. The molecule has 3 N–H and O–H groups in total. The van der Waals surface area contributed by atoms with E-state index in [1.165, 1.54) is 0 Å². The second-order valence-electron chi connectivity index (χ2n) is 4.29. The molecule has 2 rings (SSSR count). The zero-order valence-electron chi connectivity index (χ0n) is 9.31. The minimum absolute atomic E-state index is 0.00130. The molecule has 2 amide bonds. The van der Waals surface area contributed by atoms with Gasteiger partial charge in [0.25, 0.3) is 0 Å². The molecule has 1 aliphatic heterocycles. The van der Waals surface area contributed by atoms with E-state index in [9.17, 15) is 9.59 Å². The number of nitrogens with two attached hydrogens (primary N) is 1. The first-order chi connectivity index (χ1) is 7.65. The molecular weight excluding hydrogens is 226 g/mol. The summed E-state index contributed by atoms with van der Waals surface area (Å²) in [7, 11) is 1.61. The van der Waals surface area contributed by atoms with Crippen molar-refractivity contribution in [1.29, 1.82) is 0 Å². The molecule has 0 radical (unpaired) electrons. The van der Waals surface area contributed by atoms with Gasteiger partial charge in [-0.3, -0.25) is 9.59 Å². The van der Waals surface area contributed by atoms with Crippen LogP contribution in [0.25, 0.3) is 0 Å². The third kappa shape index (κ3) is 2.17. The molecule has 90 valence electrons. The minimum Gasteiger partial charge on any atom is -0.359 e. The molecule has 1 aliphatic carbocycles. The Kier molecular flexibility index (Phi) is 3.39. The van der Waals surface area contributed by atoms with Crippen molar-refractivity contribution in [3.63, 3.8) is 0 Å². The molecule has 2 fully saturated rings. The minimum atomic E-state index is -0.499. The molecule has 0 spiro atoms. The van der Waals surface area contributed by atoms with Crippen molar-refractivity contribution in [2.45, 2.75) is 12.5 Å². The number of nitrogens with zero attached hydrogens (tertiary/aromatic N) is 1. The van der Waals surface area contributed by atoms with Crippen LogP contribution < -0.4 is 11.1 Å². The Balaban J connectivity index is 1.86. The number of carbonyl (C=O) groups is 2. The monoisotopic (exact) mass is 243 g/mol. The average molecular weight is 243 g/mol. The van der Waals surface area contributed by atoms with Crippen molar-refractivity contribution in [2.24, 2.45) is 17.6 Å². The van der Waals surface area contributed by atoms with Crippen LogP contribution in [0.2, 0.25) is 0 Å². The van der Waals surface area contributed by atoms with Crippen molar-refractivity contribution in [2.75, 3.05) is 25.2 Å². The Labute approximate surface area is 99.1 Å². The summed E-state index contributed by atoms with van der Waals surface area (Å²) in [6, 6.07) is -0.499. The lowest BCUT2D eigenvalue weighted by atomic mass is 10.1. The lowest BCUT2D eigenvalue weighted by Gasteiger charge is -2.19. The predicted molar refractivity (Wildman–Crippen MR) is 62.7 cm³/mol. The van der Waals surface area contributed by atoms with E-state index in [4.69, 9.17) is 5.73 Å². The van der Waals surface area contributed by atoms with Gasteiger partial charge < -0.3 is 16.0 Å². The van der Waals surface area contributed by atoms with E-state index >= 15 is 0 Å². The van der Waals surface area contributed by atoms with E-state index in [0.29, 0.717) is 0 Å². The van der Waals surface area contributed by atoms with Gasteiger partial charge in [-0.2, -0.15) is 0 Å². The number of carbonyl (C=O) groups excluding carboxylic acids is 2. The normalized spacial score (nSPS) is 30.0. The summed E-state index contributed by atoms with van der Waals surface area (Å²) in [6.07, 6.45) is 0.744. The lowest BCUT2D eigenvalue weighted by Crippen LogP contribution is -2.44. The molecule has 1 heterocycles. The summed E-state index contributed by atoms with van der Waals surface area (Å²) in [6.45, 7) is 0.786. The summed E-state index contributed by atoms with van der Waals surface area (Å²) >= 11 is 1.74. The largest absolute Gasteiger partial charge is 0.359 e. The third-order valence-electron chi connectivity index (χ3n) is 3.23. The number of amides is 2. The molecule has 16 heavy (non-hydrogen) atoms. The maximum Gasteiger partial charge on any atom is 0.240 e. The van der Waals surface area contributed by atoms with Crippen LogP contribution in [0.4, 0.5) is 0 Å². The fourth-order valence-electron chi connectivity index (χ4n) is 2.08. The van der Waals surface area contributed by atoms with E-state index in [1.54, 1.807) is 23.7 Å². The topological polar surface area (TPSA) is 75.4 Å². The van der Waals surface area contributed by atoms with Crippen LogP contribution in [0.15, 0.2) is 0 Å². The second-order valence-corrected chi connectivity index (χ2v) is 5.36. The summed E-state index contributed by atoms with van der Waals surface area (Å²) < 4.78 is 0. The zero-order chi connectivity index (χ0) is 11.7. The highest BCUT2D eigenvalue weighted by Crippen LogP contribution is 2.41. The third-order valence-corrected chi connectivity index (χ3v) is 4.20. The van der Waals surface area contributed by atoms with Crippen molar-refractivity contribution in [3.8, 4) is 0 Å². The Bertz CT molecular complexity index is 304. The Morgan fingerprint density at radius 1 is 1.56 bits per heavy atom. The molecule has 3 atom stereocenters. The SMILES string of the molecule is CNC(=O)C1CC1C(N)C(=O)N1CCSC1. The van der Waals surface area contributed by atoms with Gasteiger partial charge >= 0.3 is 0 Å². The van der Waals surface area contributed by atoms with Gasteiger partial charge in [-0.05, 0) is 12.3 Å². The molecule has 1 saturated carbocycles. The maximum atomic E-state index is 11.9. The maximum absolute atomic E-state index is 11.9. The van der Waals surface area contributed by atoms with Crippen LogP contribution >= 0.6 is 11.8 Å². The Morgan fingerprint density at radius 3 is 2.88 bits per heavy atom. The quantitative estimate of drug-likeness (QED) is 0.682. The Morgan fingerprint density at radius 2 is 2.31 bits per heavy atom. The number of hydrogen-bond donors (Lipinski definition) is 2. The van der Waals surface area contributed by atoms with Gasteiger partial charge in [0.1, 0.15) is 0 Å². The summed E-state index contributed by atoms with van der Waals surface area (Å²) in [4.78, 5) is 25.1. The van der Waals surface area contributed by atoms with Gasteiger partial charge in [0.15, 0.2) is 0 Å². The van der Waals surface area contributed by atoms with E-state index < -0.39 is 6.04 Å². The van der Waals surface area contributed by atoms with Crippen molar-refractivity contribution >= 4 is 23.6 Å². The van der Waals surface area contributed by atoms with Crippen LogP contribution in [0.3, 0.4) is 0 Å². The molecule has 0 aromatic heterocycles. The van der Waals surface area contributed by atoms with Crippen LogP contribution in [0.5, 0.6) is 0 Å². The van der Waals surface area contributed by atoms with Gasteiger partial charge in [-0.15, -0.1) is 11.8 Å². The van der Waals surface area contributed by atoms with Crippen molar-refractivity contribution in [3.05, 3.63) is 0 Å². The van der Waals surface area contributed by atoms with Crippen LogP contribution in [0.1, 0.15) is 6.42 Å². The van der Waals surface area contributed by atoms with Gasteiger partial charge in [0.2, 0.25) is 11.8 Å². The lowest BCUT2D eigenvalue weighted by molar-refractivity contribution is -0.131. The highest BCUT2D eigenvalue weighted by molar-refractivity contribution is 7.99. The van der Waals surface area contributed by atoms with Gasteiger partial charge in [-0.1, -0.05) is 0 Å². The average Bonchev–Trinajstić information content (AvgIpc) is 2.91. The van der Waals surface area contributed by atoms with Crippen LogP contribution in [0, 0.1) is 11.8 Å². The summed E-state index contributed by atoms with van der Waals surface area (Å²) in [5.41, 5.74) is 5.90. The summed E-state index contributed by atoms with van der Waals surface area (Å²) in [5, 5.41) is 2.60. The highest BCUT2D eigenvalue weighted by atomic mass is 32.2. The molecule has 0 bridgehead atoms. The first-order valence-corrected chi connectivity index (χ1v) is 6.64. The van der Waals surface area contributed by atoms with E-state index in [-0.39, 0.29) is 23.7 Å². The number of hydrogen-bond acceptors (Lipinski definition) is 4. The van der Waals surface area contributed by atoms with Crippen molar-refractivity contribution < 1.29 is 9.59 Å². The van der Waals surface area contributed by atoms with Crippen LogP contribution in [-0.4, -0.2) is 48.0 Å². The number of rotatable bonds is 3. The van der Waals surface area contributed by atoms with Crippen LogP contribution in [-0.2, 0) is 9.59 Å². The number of thioether (sulfide) groups is 1. The first-order valence-electron chi connectivity index (χ1n) is 5.49. The fourth-order valence-corrected chi connectivity index (χ4v) is 3.04. The highest BCUT2D eigenvalue weighted by Gasteiger charge is 2.49. The van der Waals surface area contributed by atoms with Gasteiger partial charge in [0.05, 0.1) is 11.9 Å². The second kappa shape index (κ2) is 4.63. The summed E-state index contributed by atoms with van der Waals surface area (Å²) in [5.74, 6) is 1.72. The molecule has 1 saturated heterocycles. The van der Waals surface area contributed by atoms with E-state index in [1.807, 2.05) is 0 Å². The standard InChI is InChI=1S/C10H17N3O2S/c1-12-9(14)7-4-6(7)8(11)10(15)13-2-3-16-5-13/h6-8H,2-5,11H2,1H3,(H,12,14). The molecule has 3 unspecified atom stereocenters. The zero-order valence-corrected chi connectivity index (χ0v) is 10.1. The molecule has 0 aromatic carbocycles. The Hall–Kier alpha value is -0.750. The molecule has 6 heteroatoms. The predicted octanol–water partition coefficient (Wildman–Crippen LogP) is -0.771. The fraction of sp³-hybridized carbons (Fsp3) is 0.800. The van der Waals surface area contributed by atoms with Gasteiger partial charge in [0, 0.05) is 25.3 Å². The molecule has 2 aliphatic rings. The molecule has 5 nitrogen and oxygen atoms in total. The smallest absolute Gasteiger partial charge is 0.240 e.